The molecule has 0 aliphatic heterocycles. The number of nitrogens with one attached hydrogen (secondary N) is 2. The average Bonchev–Trinajstić information content (AvgIpc) is 3.40. The number of aryl methyl sites for hydroxylation is 1. The average molecular weight is 486 g/mol. The van der Waals surface area contributed by atoms with Gasteiger partial charge in [0.1, 0.15) is 17.0 Å². The first-order valence-electron chi connectivity index (χ1n) is 9.83. The van der Waals surface area contributed by atoms with Gasteiger partial charge in [-0.2, -0.15) is 0 Å². The van der Waals surface area contributed by atoms with E-state index in [4.69, 9.17) is 4.74 Å². The molecule has 2 heterocycles. The molecule has 0 aliphatic rings. The fourth-order valence-electron chi connectivity index (χ4n) is 3.18. The molecule has 4 rings (SSSR count). The lowest BCUT2D eigenvalue weighted by molar-refractivity contribution is 0.0847. The lowest BCUT2D eigenvalue weighted by Crippen LogP contribution is -2.41. The summed E-state index contributed by atoms with van der Waals surface area (Å²) in [7, 11) is 3.35. The maximum Gasteiger partial charge on any atom is 0.280 e. The van der Waals surface area contributed by atoms with Crippen LogP contribution in [0.1, 0.15) is 31.2 Å². The molecule has 4 aromatic rings. The van der Waals surface area contributed by atoms with Gasteiger partial charge in [0.25, 0.3) is 11.8 Å². The van der Waals surface area contributed by atoms with Gasteiger partial charge in [-0.15, -0.1) is 21.5 Å². The van der Waals surface area contributed by atoms with E-state index in [0.29, 0.717) is 27.0 Å². The third-order valence-electron chi connectivity index (χ3n) is 4.80. The smallest absolute Gasteiger partial charge is 0.280 e. The summed E-state index contributed by atoms with van der Waals surface area (Å²) in [6.45, 7) is 0.0748. The van der Waals surface area contributed by atoms with E-state index >= 15 is 0 Å². The summed E-state index contributed by atoms with van der Waals surface area (Å²) in [6.07, 6.45) is 1.64. The van der Waals surface area contributed by atoms with Crippen LogP contribution in [-0.2, 0) is 24.1 Å². The topological polar surface area (TPSA) is 98.1 Å². The van der Waals surface area contributed by atoms with Crippen LogP contribution in [0.5, 0.6) is 0 Å². The molecule has 0 saturated carbocycles. The molecular weight excluding hydrogens is 465 g/mol. The van der Waals surface area contributed by atoms with Gasteiger partial charge >= 0.3 is 0 Å². The number of halogens is 1. The number of hydrogen-bond acceptors (Lipinski definition) is 7. The Kier molecular flexibility index (Phi) is 7.02. The minimum atomic E-state index is -0.535. The quantitative estimate of drug-likeness (QED) is 0.306. The molecular formula is C22H20FN5O3S2. The van der Waals surface area contributed by atoms with E-state index in [1.54, 1.807) is 30.6 Å². The molecule has 2 amide bonds. The van der Waals surface area contributed by atoms with E-state index in [9.17, 15) is 14.0 Å². The molecule has 170 valence electrons. The highest BCUT2D eigenvalue weighted by molar-refractivity contribution is 7.98. The van der Waals surface area contributed by atoms with Crippen molar-refractivity contribution in [3.05, 3.63) is 76.2 Å². The molecule has 2 aromatic carbocycles. The number of hydrazine groups is 1. The number of carbonyl (C=O) groups is 2. The van der Waals surface area contributed by atoms with Crippen LogP contribution in [0.2, 0.25) is 0 Å². The van der Waals surface area contributed by atoms with E-state index in [1.165, 1.54) is 24.9 Å². The Labute approximate surface area is 197 Å². The summed E-state index contributed by atoms with van der Waals surface area (Å²) in [5.74, 6) is -0.740. The Morgan fingerprint density at radius 2 is 1.91 bits per heavy atom. The van der Waals surface area contributed by atoms with E-state index < -0.39 is 17.6 Å². The molecule has 0 fully saturated rings. The summed E-state index contributed by atoms with van der Waals surface area (Å²) in [6, 6.07) is 11.7. The van der Waals surface area contributed by atoms with Crippen LogP contribution in [-0.4, -0.2) is 33.7 Å². The van der Waals surface area contributed by atoms with Crippen molar-refractivity contribution >= 4 is 45.0 Å². The van der Waals surface area contributed by atoms with Crippen LogP contribution in [0.25, 0.3) is 10.1 Å². The van der Waals surface area contributed by atoms with E-state index in [0.717, 1.165) is 22.1 Å². The third-order valence-corrected chi connectivity index (χ3v) is 7.10. The lowest BCUT2D eigenvalue weighted by atomic mass is 10.1. The minimum absolute atomic E-state index is 0.0748. The Balaban J connectivity index is 1.39. The predicted octanol–water partition coefficient (Wildman–Crippen LogP) is 3.68. The lowest BCUT2D eigenvalue weighted by Gasteiger charge is -2.09. The van der Waals surface area contributed by atoms with Crippen molar-refractivity contribution in [1.29, 1.82) is 0 Å². The highest BCUT2D eigenvalue weighted by Gasteiger charge is 2.21. The normalized spacial score (nSPS) is 11.0. The number of carbonyl (C=O) groups excluding carboxylic acids is 2. The fourth-order valence-corrected chi connectivity index (χ4v) is 5.14. The highest BCUT2D eigenvalue weighted by Crippen LogP contribution is 2.33. The molecule has 0 radical (unpaired) electrons. The van der Waals surface area contributed by atoms with Crippen LogP contribution in [0.4, 0.5) is 4.39 Å². The number of rotatable bonds is 7. The predicted molar refractivity (Wildman–Crippen MR) is 124 cm³/mol. The van der Waals surface area contributed by atoms with Crippen molar-refractivity contribution in [2.45, 2.75) is 17.5 Å². The molecule has 33 heavy (non-hydrogen) atoms. The van der Waals surface area contributed by atoms with Crippen molar-refractivity contribution in [1.82, 2.24) is 25.6 Å². The third kappa shape index (κ3) is 5.05. The standard InChI is InChI=1S/C22H20FN5O3S2/c1-28-12-24-27-22(28)32-11-13-6-8-14(9-7-13)20(29)25-26-21(30)19-15(10-31-2)18-16(23)4-3-5-17(18)33-19/h3-9,12H,10-11H2,1-2H3,(H,25,29)(H,26,30). The van der Waals surface area contributed by atoms with E-state index in [1.807, 2.05) is 23.7 Å². The SMILES string of the molecule is COCc1c(C(=O)NNC(=O)c2ccc(CSc3nncn3C)cc2)sc2cccc(F)c12. The Morgan fingerprint density at radius 1 is 1.15 bits per heavy atom. The second-order valence-electron chi connectivity index (χ2n) is 7.07. The number of ether oxygens (including phenoxy) is 1. The number of benzene rings is 2. The summed E-state index contributed by atoms with van der Waals surface area (Å²) >= 11 is 2.68. The molecule has 0 atom stereocenters. The van der Waals surface area contributed by atoms with Crippen molar-refractivity contribution in [2.24, 2.45) is 7.05 Å². The summed E-state index contributed by atoms with van der Waals surface area (Å²) in [4.78, 5) is 25.5. The number of hydrogen-bond donors (Lipinski definition) is 2. The van der Waals surface area contributed by atoms with E-state index in [2.05, 4.69) is 21.0 Å². The first-order chi connectivity index (χ1) is 16.0. The van der Waals surface area contributed by atoms with Gasteiger partial charge < -0.3 is 9.30 Å². The van der Waals surface area contributed by atoms with E-state index in [-0.39, 0.29) is 11.5 Å². The summed E-state index contributed by atoms with van der Waals surface area (Å²) < 4.78 is 21.9. The Bertz CT molecular complexity index is 1300. The minimum Gasteiger partial charge on any atom is -0.380 e. The van der Waals surface area contributed by atoms with Crippen molar-refractivity contribution in [3.63, 3.8) is 0 Å². The zero-order chi connectivity index (χ0) is 23.4. The molecule has 11 heteroatoms. The highest BCUT2D eigenvalue weighted by atomic mass is 32.2. The van der Waals surface area contributed by atoms with Gasteiger partial charge in [-0.1, -0.05) is 30.0 Å². The summed E-state index contributed by atoms with van der Waals surface area (Å²) in [5, 5.41) is 9.02. The number of aromatic nitrogens is 3. The van der Waals surface area contributed by atoms with Crippen LogP contribution in [0.3, 0.4) is 0 Å². The fraction of sp³-hybridized carbons (Fsp3) is 0.182. The maximum atomic E-state index is 14.3. The van der Waals surface area contributed by atoms with Gasteiger partial charge in [0.2, 0.25) is 0 Å². The first-order valence-corrected chi connectivity index (χ1v) is 11.6. The van der Waals surface area contributed by atoms with Gasteiger partial charge in [-0.3, -0.25) is 20.4 Å². The van der Waals surface area contributed by atoms with Gasteiger partial charge in [0, 0.05) is 41.1 Å². The Hall–Kier alpha value is -3.28. The first kappa shape index (κ1) is 22.9. The van der Waals surface area contributed by atoms with Gasteiger partial charge in [0.05, 0.1) is 6.61 Å². The number of nitrogens with zero attached hydrogens (tertiary/aromatic N) is 3. The number of amides is 2. The van der Waals surface area contributed by atoms with Crippen molar-refractivity contribution in [2.75, 3.05) is 7.11 Å². The molecule has 0 spiro atoms. The maximum absolute atomic E-state index is 14.3. The molecule has 0 bridgehead atoms. The van der Waals surface area contributed by atoms with Gasteiger partial charge in [-0.25, -0.2) is 4.39 Å². The molecule has 2 aromatic heterocycles. The van der Waals surface area contributed by atoms with Crippen molar-refractivity contribution in [3.8, 4) is 0 Å². The zero-order valence-corrected chi connectivity index (χ0v) is 19.4. The molecule has 2 N–H and O–H groups in total. The van der Waals surface area contributed by atoms with Gasteiger partial charge in [0.15, 0.2) is 5.16 Å². The zero-order valence-electron chi connectivity index (χ0n) is 17.8. The van der Waals surface area contributed by atoms with Crippen LogP contribution < -0.4 is 10.9 Å². The summed E-state index contributed by atoms with van der Waals surface area (Å²) in [5.41, 5.74) is 6.68. The largest absolute Gasteiger partial charge is 0.380 e. The Morgan fingerprint density at radius 3 is 2.61 bits per heavy atom. The van der Waals surface area contributed by atoms with Gasteiger partial charge in [-0.05, 0) is 29.8 Å². The second kappa shape index (κ2) is 10.1. The second-order valence-corrected chi connectivity index (χ2v) is 9.07. The van der Waals surface area contributed by atoms with Crippen LogP contribution >= 0.6 is 23.1 Å². The molecule has 0 unspecified atom stereocenters. The molecule has 0 saturated heterocycles. The molecule has 0 aliphatic carbocycles. The number of methoxy groups -OCH3 is 1. The number of thiophene rings is 1. The van der Waals surface area contributed by atoms with Crippen molar-refractivity contribution < 1.29 is 18.7 Å². The molecule has 8 nitrogen and oxygen atoms in total. The monoisotopic (exact) mass is 485 g/mol. The number of thioether (sulfide) groups is 1. The van der Waals surface area contributed by atoms with Crippen LogP contribution in [0.15, 0.2) is 53.9 Å². The van der Waals surface area contributed by atoms with Crippen LogP contribution in [0, 0.1) is 5.82 Å². The number of fused-ring (bicyclic) bond motifs is 1.